The molecule has 3 amide bonds. The summed E-state index contributed by atoms with van der Waals surface area (Å²) in [6.45, 7) is 3.33. The Morgan fingerprint density at radius 1 is 1.14 bits per heavy atom. The molecule has 0 aliphatic heterocycles. The average molecular weight is 292 g/mol. The third-order valence-electron chi connectivity index (χ3n) is 2.98. The lowest BCUT2D eigenvalue weighted by Crippen LogP contribution is -2.43. The van der Waals surface area contributed by atoms with E-state index in [0.717, 1.165) is 5.56 Å². The summed E-state index contributed by atoms with van der Waals surface area (Å²) in [7, 11) is 1.39. The Bertz CT molecular complexity index is 502. The molecule has 6 heteroatoms. The molecule has 0 saturated heterocycles. The minimum atomic E-state index is -1.02. The van der Waals surface area contributed by atoms with Gasteiger partial charge in [0.15, 0.2) is 6.10 Å². The number of hydrogen-bond acceptors (Lipinski definition) is 4. The summed E-state index contributed by atoms with van der Waals surface area (Å²) in [5, 5.41) is 4.30. The number of benzene rings is 1. The molecule has 0 aromatic heterocycles. The van der Waals surface area contributed by atoms with Crippen LogP contribution in [0.1, 0.15) is 31.7 Å². The Balaban J connectivity index is 2.46. The predicted molar refractivity (Wildman–Crippen MR) is 77.6 cm³/mol. The zero-order valence-electron chi connectivity index (χ0n) is 12.4. The largest absolute Gasteiger partial charge is 0.453 e. The normalized spacial score (nSPS) is 12.9. The van der Waals surface area contributed by atoms with Gasteiger partial charge in [-0.05, 0) is 18.4 Å². The second-order valence-corrected chi connectivity index (χ2v) is 4.72. The van der Waals surface area contributed by atoms with E-state index in [4.69, 9.17) is 4.74 Å². The van der Waals surface area contributed by atoms with Crippen molar-refractivity contribution in [1.29, 1.82) is 0 Å². The molecule has 0 spiro atoms. The number of rotatable bonds is 5. The highest BCUT2D eigenvalue weighted by atomic mass is 16.5. The van der Waals surface area contributed by atoms with Gasteiger partial charge in [-0.15, -0.1) is 0 Å². The van der Waals surface area contributed by atoms with Crippen LogP contribution in [0.4, 0.5) is 4.79 Å². The molecule has 1 aromatic rings. The van der Waals surface area contributed by atoms with Gasteiger partial charge in [-0.25, -0.2) is 4.79 Å². The van der Waals surface area contributed by atoms with E-state index >= 15 is 0 Å². The molecular formula is C15H20N2O4. The standard InChI is InChI=1S/C15H20N2O4/c1-10(12-7-5-4-6-8-12)9-13(18)21-11(2)14(19)17-15(20)16-3/h4-8,10-11H,9H2,1-3H3,(H2,16,17,19,20)/t10-,11-/m1/s1. The molecule has 0 aliphatic carbocycles. The van der Waals surface area contributed by atoms with Gasteiger partial charge in [0.2, 0.25) is 0 Å². The van der Waals surface area contributed by atoms with Gasteiger partial charge in [-0.2, -0.15) is 0 Å². The summed E-state index contributed by atoms with van der Waals surface area (Å²) in [6.07, 6.45) is -0.848. The topological polar surface area (TPSA) is 84.5 Å². The quantitative estimate of drug-likeness (QED) is 0.807. The minimum Gasteiger partial charge on any atom is -0.453 e. The van der Waals surface area contributed by atoms with Crippen LogP contribution in [-0.4, -0.2) is 31.1 Å². The first-order chi connectivity index (χ1) is 9.93. The zero-order valence-corrected chi connectivity index (χ0v) is 12.4. The molecule has 0 fully saturated rings. The van der Waals surface area contributed by atoms with Gasteiger partial charge in [0.25, 0.3) is 5.91 Å². The fourth-order valence-corrected chi connectivity index (χ4v) is 1.72. The van der Waals surface area contributed by atoms with Crippen LogP contribution in [0.15, 0.2) is 30.3 Å². The maximum Gasteiger partial charge on any atom is 0.321 e. The van der Waals surface area contributed by atoms with E-state index in [0.29, 0.717) is 0 Å². The smallest absolute Gasteiger partial charge is 0.321 e. The van der Waals surface area contributed by atoms with E-state index in [-0.39, 0.29) is 12.3 Å². The SMILES string of the molecule is CNC(=O)NC(=O)[C@@H](C)OC(=O)C[C@@H](C)c1ccccc1. The Labute approximate surface area is 123 Å². The number of hydrogen-bond donors (Lipinski definition) is 2. The van der Waals surface area contributed by atoms with Crippen molar-refractivity contribution >= 4 is 17.9 Å². The van der Waals surface area contributed by atoms with Crippen LogP contribution in [0, 0.1) is 0 Å². The van der Waals surface area contributed by atoms with Gasteiger partial charge in [0.1, 0.15) is 0 Å². The Morgan fingerprint density at radius 2 is 1.76 bits per heavy atom. The molecule has 2 atom stereocenters. The van der Waals surface area contributed by atoms with E-state index < -0.39 is 24.0 Å². The van der Waals surface area contributed by atoms with Crippen molar-refractivity contribution in [1.82, 2.24) is 10.6 Å². The van der Waals surface area contributed by atoms with Crippen molar-refractivity contribution < 1.29 is 19.1 Å². The molecule has 0 bridgehead atoms. The molecule has 114 valence electrons. The van der Waals surface area contributed by atoms with E-state index in [2.05, 4.69) is 10.6 Å². The van der Waals surface area contributed by atoms with Gasteiger partial charge < -0.3 is 10.1 Å². The molecule has 0 unspecified atom stereocenters. The van der Waals surface area contributed by atoms with Gasteiger partial charge in [0.05, 0.1) is 6.42 Å². The average Bonchev–Trinajstić information content (AvgIpc) is 2.47. The minimum absolute atomic E-state index is 0.00657. The van der Waals surface area contributed by atoms with E-state index in [9.17, 15) is 14.4 Å². The van der Waals surface area contributed by atoms with Crippen LogP contribution < -0.4 is 10.6 Å². The lowest BCUT2D eigenvalue weighted by molar-refractivity contribution is -0.154. The first-order valence-corrected chi connectivity index (χ1v) is 6.71. The van der Waals surface area contributed by atoms with Crippen molar-refractivity contribution in [3.8, 4) is 0 Å². The molecule has 1 rings (SSSR count). The summed E-state index contributed by atoms with van der Waals surface area (Å²) in [5.41, 5.74) is 1.02. The van der Waals surface area contributed by atoms with Gasteiger partial charge >= 0.3 is 12.0 Å². The summed E-state index contributed by atoms with van der Waals surface area (Å²) < 4.78 is 5.02. The number of amides is 3. The van der Waals surface area contributed by atoms with Gasteiger partial charge in [-0.1, -0.05) is 37.3 Å². The molecule has 21 heavy (non-hydrogen) atoms. The first-order valence-electron chi connectivity index (χ1n) is 6.71. The maximum atomic E-state index is 11.8. The highest BCUT2D eigenvalue weighted by molar-refractivity contribution is 5.97. The van der Waals surface area contributed by atoms with Crippen LogP contribution in [0.5, 0.6) is 0 Å². The molecule has 0 aliphatic rings. The summed E-state index contributed by atoms with van der Waals surface area (Å²) in [5.74, 6) is -1.14. The first kappa shape index (κ1) is 16.7. The molecule has 0 saturated carbocycles. The maximum absolute atomic E-state index is 11.8. The van der Waals surface area contributed by atoms with Crippen molar-refractivity contribution in [3.05, 3.63) is 35.9 Å². The molecule has 1 aromatic carbocycles. The second kappa shape index (κ2) is 8.04. The Hall–Kier alpha value is -2.37. The third kappa shape index (κ3) is 5.64. The summed E-state index contributed by atoms with van der Waals surface area (Å²) in [6, 6.07) is 8.92. The molecular weight excluding hydrogens is 272 g/mol. The van der Waals surface area contributed by atoms with Crippen molar-refractivity contribution in [3.63, 3.8) is 0 Å². The van der Waals surface area contributed by atoms with E-state index in [1.807, 2.05) is 37.3 Å². The highest BCUT2D eigenvalue weighted by Crippen LogP contribution is 2.19. The number of esters is 1. The third-order valence-corrected chi connectivity index (χ3v) is 2.98. The van der Waals surface area contributed by atoms with Gasteiger partial charge in [0, 0.05) is 7.05 Å². The van der Waals surface area contributed by atoms with E-state index in [1.54, 1.807) is 0 Å². The van der Waals surface area contributed by atoms with Crippen LogP contribution in [0.2, 0.25) is 0 Å². The second-order valence-electron chi connectivity index (χ2n) is 4.72. The Kier molecular flexibility index (Phi) is 6.39. The van der Waals surface area contributed by atoms with E-state index in [1.165, 1.54) is 14.0 Å². The van der Waals surface area contributed by atoms with Crippen LogP contribution in [0.25, 0.3) is 0 Å². The summed E-state index contributed by atoms with van der Waals surface area (Å²) >= 11 is 0. The predicted octanol–water partition coefficient (Wildman–Crippen LogP) is 1.57. The molecule has 2 N–H and O–H groups in total. The monoisotopic (exact) mass is 292 g/mol. The van der Waals surface area contributed by atoms with Gasteiger partial charge in [-0.3, -0.25) is 14.9 Å². The lowest BCUT2D eigenvalue weighted by atomic mass is 9.98. The number of carbonyl (C=O) groups excluding carboxylic acids is 3. The van der Waals surface area contributed by atoms with Crippen LogP contribution in [-0.2, 0) is 14.3 Å². The molecule has 0 heterocycles. The van der Waals surface area contributed by atoms with Crippen molar-refractivity contribution in [2.75, 3.05) is 7.05 Å². The zero-order chi connectivity index (χ0) is 15.8. The van der Waals surface area contributed by atoms with Crippen molar-refractivity contribution in [2.45, 2.75) is 32.3 Å². The fraction of sp³-hybridized carbons (Fsp3) is 0.400. The number of nitrogens with one attached hydrogen (secondary N) is 2. The molecule has 0 radical (unpaired) electrons. The van der Waals surface area contributed by atoms with Crippen LogP contribution in [0.3, 0.4) is 0 Å². The molecule has 6 nitrogen and oxygen atoms in total. The number of carbonyl (C=O) groups is 3. The lowest BCUT2D eigenvalue weighted by Gasteiger charge is -2.15. The Morgan fingerprint density at radius 3 is 2.33 bits per heavy atom. The van der Waals surface area contributed by atoms with Crippen LogP contribution >= 0.6 is 0 Å². The van der Waals surface area contributed by atoms with Crippen molar-refractivity contribution in [2.24, 2.45) is 0 Å². The fourth-order valence-electron chi connectivity index (χ4n) is 1.72. The highest BCUT2D eigenvalue weighted by Gasteiger charge is 2.21. The number of urea groups is 1. The number of ether oxygens (including phenoxy) is 1. The number of imide groups is 1. The summed E-state index contributed by atoms with van der Waals surface area (Å²) in [4.78, 5) is 34.3.